The van der Waals surface area contributed by atoms with Gasteiger partial charge in [0.25, 0.3) is 0 Å². The lowest BCUT2D eigenvalue weighted by molar-refractivity contribution is -0.00245. The second kappa shape index (κ2) is 8.03. The molecule has 1 fully saturated rings. The first-order valence-electron chi connectivity index (χ1n) is 6.66. The number of methoxy groups -OCH3 is 2. The van der Waals surface area contributed by atoms with Crippen LogP contribution < -0.4 is 5.32 Å². The van der Waals surface area contributed by atoms with Crippen LogP contribution in [0.15, 0.2) is 0 Å². The zero-order chi connectivity index (χ0) is 12.7. The topological polar surface area (TPSA) is 33.7 Å². The Morgan fingerprint density at radius 2 is 2.12 bits per heavy atom. The van der Waals surface area contributed by atoms with Crippen LogP contribution in [0.1, 0.15) is 26.7 Å². The number of nitrogens with zero attached hydrogens (tertiary/aromatic N) is 1. The summed E-state index contributed by atoms with van der Waals surface area (Å²) in [5.74, 6) is 0. The van der Waals surface area contributed by atoms with E-state index in [2.05, 4.69) is 24.1 Å². The molecule has 102 valence electrons. The van der Waals surface area contributed by atoms with Crippen molar-refractivity contribution in [2.75, 3.05) is 40.5 Å². The summed E-state index contributed by atoms with van der Waals surface area (Å²) in [7, 11) is 3.59. The molecule has 1 heterocycles. The van der Waals surface area contributed by atoms with Gasteiger partial charge in [0.05, 0.1) is 12.7 Å². The van der Waals surface area contributed by atoms with Gasteiger partial charge in [-0.1, -0.05) is 13.8 Å². The molecular weight excluding hydrogens is 216 g/mol. The molecule has 1 aliphatic rings. The molecule has 0 aromatic heterocycles. The van der Waals surface area contributed by atoms with Crippen LogP contribution in [-0.4, -0.2) is 63.5 Å². The SMILES string of the molecule is COCC(CNC(C)C)N1CCCC(OC)C1. The molecule has 4 nitrogen and oxygen atoms in total. The third-order valence-electron chi connectivity index (χ3n) is 3.38. The standard InChI is InChI=1S/C13H28N2O2/c1-11(2)14-8-12(10-16-3)15-7-5-6-13(9-15)17-4/h11-14H,5-10H2,1-4H3. The summed E-state index contributed by atoms with van der Waals surface area (Å²) < 4.78 is 10.8. The van der Waals surface area contributed by atoms with E-state index >= 15 is 0 Å². The second-order valence-corrected chi connectivity index (χ2v) is 5.17. The minimum atomic E-state index is 0.391. The average Bonchev–Trinajstić information content (AvgIpc) is 2.34. The van der Waals surface area contributed by atoms with Crippen LogP contribution in [0.2, 0.25) is 0 Å². The summed E-state index contributed by atoms with van der Waals surface area (Å²) in [5.41, 5.74) is 0. The van der Waals surface area contributed by atoms with E-state index in [9.17, 15) is 0 Å². The van der Waals surface area contributed by atoms with Gasteiger partial charge in [0, 0.05) is 39.4 Å². The zero-order valence-corrected chi connectivity index (χ0v) is 11.7. The van der Waals surface area contributed by atoms with E-state index < -0.39 is 0 Å². The summed E-state index contributed by atoms with van der Waals surface area (Å²) >= 11 is 0. The van der Waals surface area contributed by atoms with Crippen molar-refractivity contribution < 1.29 is 9.47 Å². The summed E-state index contributed by atoms with van der Waals surface area (Å²) in [6, 6.07) is 0.984. The highest BCUT2D eigenvalue weighted by molar-refractivity contribution is 4.81. The lowest BCUT2D eigenvalue weighted by Crippen LogP contribution is -2.51. The van der Waals surface area contributed by atoms with E-state index in [4.69, 9.17) is 9.47 Å². The van der Waals surface area contributed by atoms with Gasteiger partial charge in [-0.3, -0.25) is 4.90 Å². The van der Waals surface area contributed by atoms with Crippen molar-refractivity contribution in [3.05, 3.63) is 0 Å². The smallest absolute Gasteiger partial charge is 0.0698 e. The van der Waals surface area contributed by atoms with Gasteiger partial charge in [0.2, 0.25) is 0 Å². The number of hydrogen-bond acceptors (Lipinski definition) is 4. The molecule has 2 unspecified atom stereocenters. The fraction of sp³-hybridized carbons (Fsp3) is 1.00. The number of hydrogen-bond donors (Lipinski definition) is 1. The molecule has 17 heavy (non-hydrogen) atoms. The van der Waals surface area contributed by atoms with E-state index in [0.29, 0.717) is 18.2 Å². The monoisotopic (exact) mass is 244 g/mol. The van der Waals surface area contributed by atoms with E-state index in [1.54, 1.807) is 7.11 Å². The second-order valence-electron chi connectivity index (χ2n) is 5.17. The highest BCUT2D eigenvalue weighted by Crippen LogP contribution is 2.15. The van der Waals surface area contributed by atoms with Crippen molar-refractivity contribution >= 4 is 0 Å². The van der Waals surface area contributed by atoms with E-state index in [0.717, 1.165) is 26.2 Å². The first-order chi connectivity index (χ1) is 8.17. The van der Waals surface area contributed by atoms with Gasteiger partial charge in [-0.2, -0.15) is 0 Å². The predicted octanol–water partition coefficient (Wildman–Crippen LogP) is 1.11. The Morgan fingerprint density at radius 3 is 2.71 bits per heavy atom. The lowest BCUT2D eigenvalue weighted by Gasteiger charge is -2.37. The van der Waals surface area contributed by atoms with Crippen molar-refractivity contribution in [2.45, 2.75) is 44.9 Å². The van der Waals surface area contributed by atoms with Gasteiger partial charge in [-0.15, -0.1) is 0 Å². The summed E-state index contributed by atoms with van der Waals surface area (Å²) in [4.78, 5) is 2.50. The fourth-order valence-corrected chi connectivity index (χ4v) is 2.35. The Labute approximate surface area is 106 Å². The summed E-state index contributed by atoms with van der Waals surface area (Å²) in [6.45, 7) is 8.33. The fourth-order valence-electron chi connectivity index (χ4n) is 2.35. The summed E-state index contributed by atoms with van der Waals surface area (Å²) in [5, 5.41) is 3.50. The first-order valence-corrected chi connectivity index (χ1v) is 6.66. The van der Waals surface area contributed by atoms with Gasteiger partial charge in [0.1, 0.15) is 0 Å². The van der Waals surface area contributed by atoms with Gasteiger partial charge >= 0.3 is 0 Å². The molecule has 4 heteroatoms. The molecule has 2 atom stereocenters. The largest absolute Gasteiger partial charge is 0.383 e. The minimum Gasteiger partial charge on any atom is -0.383 e. The lowest BCUT2D eigenvalue weighted by atomic mass is 10.1. The van der Waals surface area contributed by atoms with Gasteiger partial charge in [-0.25, -0.2) is 0 Å². The molecule has 1 N–H and O–H groups in total. The Bertz CT molecular complexity index is 200. The van der Waals surface area contributed by atoms with Crippen molar-refractivity contribution in [1.82, 2.24) is 10.2 Å². The number of rotatable bonds is 7. The molecule has 0 aliphatic carbocycles. The Balaban J connectivity index is 2.44. The predicted molar refractivity (Wildman–Crippen MR) is 70.4 cm³/mol. The third-order valence-corrected chi connectivity index (χ3v) is 3.38. The van der Waals surface area contributed by atoms with Gasteiger partial charge < -0.3 is 14.8 Å². The number of ether oxygens (including phenoxy) is 2. The quantitative estimate of drug-likeness (QED) is 0.727. The van der Waals surface area contributed by atoms with Crippen molar-refractivity contribution in [3.8, 4) is 0 Å². The zero-order valence-electron chi connectivity index (χ0n) is 11.7. The number of piperidine rings is 1. The normalized spacial score (nSPS) is 24.2. The van der Waals surface area contributed by atoms with Crippen LogP contribution in [0.4, 0.5) is 0 Å². The van der Waals surface area contributed by atoms with Crippen LogP contribution >= 0.6 is 0 Å². The van der Waals surface area contributed by atoms with Crippen LogP contribution in [0.3, 0.4) is 0 Å². The summed E-state index contributed by atoms with van der Waals surface area (Å²) in [6.07, 6.45) is 2.80. The van der Waals surface area contributed by atoms with Crippen molar-refractivity contribution in [1.29, 1.82) is 0 Å². The molecule has 0 aromatic rings. The molecule has 1 aliphatic heterocycles. The maximum absolute atomic E-state index is 5.47. The molecule has 0 saturated carbocycles. The highest BCUT2D eigenvalue weighted by Gasteiger charge is 2.25. The molecule has 0 aromatic carbocycles. The van der Waals surface area contributed by atoms with Crippen LogP contribution in [0.25, 0.3) is 0 Å². The Hall–Kier alpha value is -0.160. The molecule has 1 saturated heterocycles. The van der Waals surface area contributed by atoms with E-state index in [1.807, 2.05) is 7.11 Å². The third kappa shape index (κ3) is 5.34. The highest BCUT2D eigenvalue weighted by atomic mass is 16.5. The molecule has 1 rings (SSSR count). The van der Waals surface area contributed by atoms with E-state index in [-0.39, 0.29) is 0 Å². The number of likely N-dealkylation sites (tertiary alicyclic amines) is 1. The Morgan fingerprint density at radius 1 is 1.35 bits per heavy atom. The molecule has 0 spiro atoms. The maximum atomic E-state index is 5.47. The van der Waals surface area contributed by atoms with Crippen LogP contribution in [0, 0.1) is 0 Å². The molecule has 0 amide bonds. The number of nitrogens with one attached hydrogen (secondary N) is 1. The molecule has 0 radical (unpaired) electrons. The minimum absolute atomic E-state index is 0.391. The van der Waals surface area contributed by atoms with Gasteiger partial charge in [-0.05, 0) is 19.4 Å². The van der Waals surface area contributed by atoms with Crippen molar-refractivity contribution in [3.63, 3.8) is 0 Å². The van der Waals surface area contributed by atoms with Gasteiger partial charge in [0.15, 0.2) is 0 Å². The Kier molecular flexibility index (Phi) is 7.04. The van der Waals surface area contributed by atoms with Crippen molar-refractivity contribution in [2.24, 2.45) is 0 Å². The van der Waals surface area contributed by atoms with E-state index in [1.165, 1.54) is 12.8 Å². The average molecular weight is 244 g/mol. The molecule has 0 bridgehead atoms. The molecular formula is C13H28N2O2. The van der Waals surface area contributed by atoms with Crippen LogP contribution in [0.5, 0.6) is 0 Å². The first kappa shape index (κ1) is 14.9. The maximum Gasteiger partial charge on any atom is 0.0698 e. The van der Waals surface area contributed by atoms with Crippen LogP contribution in [-0.2, 0) is 9.47 Å².